The molecule has 1 aliphatic rings. The average Bonchev–Trinajstić information content (AvgIpc) is 2.81. The van der Waals surface area contributed by atoms with Gasteiger partial charge in [0.25, 0.3) is 0 Å². The second-order valence-corrected chi connectivity index (χ2v) is 7.05. The number of anilines is 1. The molecule has 4 rings (SSSR count). The molecule has 1 aliphatic heterocycles. The molecule has 2 heterocycles. The maximum Gasteiger partial charge on any atom is 0.414 e. The number of carbonyl (C=O) groups excluding carboxylic acids is 1. The summed E-state index contributed by atoms with van der Waals surface area (Å²) < 4.78 is 11.5. The van der Waals surface area contributed by atoms with Gasteiger partial charge in [0.1, 0.15) is 19.0 Å². The zero-order chi connectivity index (χ0) is 21.8. The van der Waals surface area contributed by atoms with E-state index in [0.29, 0.717) is 41.5 Å². The Hall–Kier alpha value is -4.36. The fourth-order valence-corrected chi connectivity index (χ4v) is 3.34. The number of rotatable bonds is 5. The third kappa shape index (κ3) is 4.17. The number of benzene rings is 2. The summed E-state index contributed by atoms with van der Waals surface area (Å²) in [6.07, 6.45) is 1.20. The van der Waals surface area contributed by atoms with Gasteiger partial charge in [0.2, 0.25) is 0 Å². The molecule has 0 aliphatic carbocycles. The van der Waals surface area contributed by atoms with Crippen molar-refractivity contribution in [2.75, 3.05) is 4.90 Å². The van der Waals surface area contributed by atoms with Gasteiger partial charge in [-0.25, -0.2) is 9.64 Å². The standard InChI is InChI=1S/C24H18N4O3/c1-16-23(30-14-19-7-9-20(26-2)10-8-19)21-15-31-24(29)28(22(21)12-27-16)13-18-5-3-17(11-25)4-6-18/h3-10,12H,13-15H2,1H3. The molecule has 0 bridgehead atoms. The van der Waals surface area contributed by atoms with E-state index in [1.165, 1.54) is 4.90 Å². The van der Waals surface area contributed by atoms with E-state index in [-0.39, 0.29) is 6.61 Å². The molecule has 7 nitrogen and oxygen atoms in total. The zero-order valence-corrected chi connectivity index (χ0v) is 16.8. The number of hydrogen-bond donors (Lipinski definition) is 0. The topological polar surface area (TPSA) is 79.8 Å². The number of nitrogens with zero attached hydrogens (tertiary/aromatic N) is 4. The molecular formula is C24H18N4O3. The quantitative estimate of drug-likeness (QED) is 0.550. The Morgan fingerprint density at radius 1 is 1.19 bits per heavy atom. The second-order valence-electron chi connectivity index (χ2n) is 7.05. The van der Waals surface area contributed by atoms with Gasteiger partial charge < -0.3 is 9.47 Å². The summed E-state index contributed by atoms with van der Waals surface area (Å²) in [5.41, 5.74) is 5.03. The molecule has 3 aromatic rings. The van der Waals surface area contributed by atoms with Crippen LogP contribution in [0.5, 0.6) is 5.75 Å². The van der Waals surface area contributed by atoms with Crippen molar-refractivity contribution in [1.29, 1.82) is 5.26 Å². The van der Waals surface area contributed by atoms with Gasteiger partial charge in [0.05, 0.1) is 47.9 Å². The first-order chi connectivity index (χ1) is 15.1. The predicted octanol–water partition coefficient (Wildman–Crippen LogP) is 5.05. The van der Waals surface area contributed by atoms with Crippen molar-refractivity contribution in [1.82, 2.24) is 4.98 Å². The van der Waals surface area contributed by atoms with Gasteiger partial charge in [-0.3, -0.25) is 9.88 Å². The minimum absolute atomic E-state index is 0.105. The van der Waals surface area contributed by atoms with Crippen molar-refractivity contribution < 1.29 is 14.3 Å². The summed E-state index contributed by atoms with van der Waals surface area (Å²) >= 11 is 0. The van der Waals surface area contributed by atoms with Gasteiger partial charge in [-0.2, -0.15) is 5.26 Å². The van der Waals surface area contributed by atoms with E-state index in [1.807, 2.05) is 31.2 Å². The Kier molecular flexibility index (Phi) is 5.51. The minimum atomic E-state index is -0.455. The van der Waals surface area contributed by atoms with Crippen LogP contribution in [0.3, 0.4) is 0 Å². The van der Waals surface area contributed by atoms with Crippen LogP contribution in [0.25, 0.3) is 4.85 Å². The number of carbonyl (C=O) groups is 1. The average molecular weight is 410 g/mol. The highest BCUT2D eigenvalue weighted by atomic mass is 16.6. The predicted molar refractivity (Wildman–Crippen MR) is 114 cm³/mol. The SMILES string of the molecule is [C-]#[N+]c1ccc(COc2c(C)ncc3c2COC(=O)N3Cc2ccc(C#N)cc2)cc1. The van der Waals surface area contributed by atoms with Crippen molar-refractivity contribution in [2.24, 2.45) is 0 Å². The highest BCUT2D eigenvalue weighted by Crippen LogP contribution is 2.36. The molecule has 152 valence electrons. The fourth-order valence-electron chi connectivity index (χ4n) is 3.34. The molecule has 0 unspecified atom stereocenters. The van der Waals surface area contributed by atoms with Crippen LogP contribution in [0.1, 0.15) is 27.9 Å². The fraction of sp³-hybridized carbons (Fsp3) is 0.167. The first-order valence-corrected chi connectivity index (χ1v) is 9.60. The first-order valence-electron chi connectivity index (χ1n) is 9.60. The molecule has 0 fully saturated rings. The Labute approximate surface area is 179 Å². The number of hydrogen-bond acceptors (Lipinski definition) is 5. The summed E-state index contributed by atoms with van der Waals surface area (Å²) in [4.78, 5) is 21.8. The summed E-state index contributed by atoms with van der Waals surface area (Å²) in [5.74, 6) is 0.587. The minimum Gasteiger partial charge on any atom is -0.486 e. The first kappa shape index (κ1) is 19.9. The normalized spacial score (nSPS) is 12.4. The van der Waals surface area contributed by atoms with Crippen LogP contribution < -0.4 is 9.64 Å². The van der Waals surface area contributed by atoms with Crippen LogP contribution in [0.4, 0.5) is 16.2 Å². The lowest BCUT2D eigenvalue weighted by Crippen LogP contribution is -2.35. The molecule has 0 saturated carbocycles. The van der Waals surface area contributed by atoms with E-state index >= 15 is 0 Å². The maximum absolute atomic E-state index is 12.5. The smallest absolute Gasteiger partial charge is 0.414 e. The largest absolute Gasteiger partial charge is 0.486 e. The van der Waals surface area contributed by atoms with Gasteiger partial charge in [0, 0.05) is 0 Å². The third-order valence-corrected chi connectivity index (χ3v) is 5.02. The molecule has 0 radical (unpaired) electrons. The van der Waals surface area contributed by atoms with Crippen molar-refractivity contribution in [2.45, 2.75) is 26.7 Å². The number of amides is 1. The van der Waals surface area contributed by atoms with Crippen molar-refractivity contribution in [3.05, 3.63) is 94.1 Å². The van der Waals surface area contributed by atoms with Crippen molar-refractivity contribution in [3.8, 4) is 11.8 Å². The molecule has 2 aromatic carbocycles. The molecule has 0 atom stereocenters. The summed E-state index contributed by atoms with van der Waals surface area (Å²) in [6.45, 7) is 9.59. The van der Waals surface area contributed by atoms with E-state index in [1.54, 1.807) is 30.5 Å². The molecule has 7 heteroatoms. The second kappa shape index (κ2) is 8.56. The summed E-state index contributed by atoms with van der Waals surface area (Å²) in [6, 6.07) is 16.3. The van der Waals surface area contributed by atoms with E-state index < -0.39 is 6.09 Å². The lowest BCUT2D eigenvalue weighted by Gasteiger charge is -2.30. The van der Waals surface area contributed by atoms with Crippen LogP contribution in [-0.4, -0.2) is 11.1 Å². The van der Waals surface area contributed by atoms with Crippen molar-refractivity contribution >= 4 is 17.5 Å². The van der Waals surface area contributed by atoms with Crippen molar-refractivity contribution in [3.63, 3.8) is 0 Å². The van der Waals surface area contributed by atoms with Crippen LogP contribution in [0.2, 0.25) is 0 Å². The number of nitriles is 1. The molecule has 31 heavy (non-hydrogen) atoms. The Morgan fingerprint density at radius 2 is 1.90 bits per heavy atom. The lowest BCUT2D eigenvalue weighted by molar-refractivity contribution is 0.139. The zero-order valence-electron chi connectivity index (χ0n) is 16.8. The maximum atomic E-state index is 12.5. The summed E-state index contributed by atoms with van der Waals surface area (Å²) in [7, 11) is 0. The van der Waals surface area contributed by atoms with E-state index in [9.17, 15) is 4.79 Å². The van der Waals surface area contributed by atoms with Gasteiger partial charge in [0.15, 0.2) is 5.69 Å². The Balaban J connectivity index is 1.59. The molecule has 1 amide bonds. The number of fused-ring (bicyclic) bond motifs is 1. The molecule has 0 N–H and O–H groups in total. The van der Waals surface area contributed by atoms with Gasteiger partial charge >= 0.3 is 6.09 Å². The Bertz CT molecular complexity index is 1210. The number of cyclic esters (lactones) is 1. The van der Waals surface area contributed by atoms with Crippen LogP contribution in [0.15, 0.2) is 54.7 Å². The lowest BCUT2D eigenvalue weighted by atomic mass is 10.1. The monoisotopic (exact) mass is 410 g/mol. The highest BCUT2D eigenvalue weighted by Gasteiger charge is 2.30. The molecule has 0 spiro atoms. The third-order valence-electron chi connectivity index (χ3n) is 5.02. The van der Waals surface area contributed by atoms with E-state index in [2.05, 4.69) is 15.9 Å². The van der Waals surface area contributed by atoms with Gasteiger partial charge in [-0.15, -0.1) is 0 Å². The highest BCUT2D eigenvalue weighted by molar-refractivity contribution is 5.90. The van der Waals surface area contributed by atoms with Crippen LogP contribution in [-0.2, 0) is 24.5 Å². The van der Waals surface area contributed by atoms with Gasteiger partial charge in [-0.1, -0.05) is 36.4 Å². The summed E-state index contributed by atoms with van der Waals surface area (Å²) in [5, 5.41) is 8.97. The number of pyridine rings is 1. The Morgan fingerprint density at radius 3 is 2.58 bits per heavy atom. The van der Waals surface area contributed by atoms with Gasteiger partial charge in [-0.05, 0) is 30.2 Å². The van der Waals surface area contributed by atoms with Crippen LogP contribution in [0, 0.1) is 24.8 Å². The number of ether oxygens (including phenoxy) is 2. The molecule has 0 saturated heterocycles. The molecule has 1 aromatic heterocycles. The number of aromatic nitrogens is 1. The van der Waals surface area contributed by atoms with E-state index in [4.69, 9.17) is 21.3 Å². The molecular weight excluding hydrogens is 392 g/mol. The van der Waals surface area contributed by atoms with Crippen LogP contribution >= 0.6 is 0 Å². The van der Waals surface area contributed by atoms with E-state index in [0.717, 1.165) is 16.7 Å². The number of aryl methyl sites for hydroxylation is 1.